The second kappa shape index (κ2) is 10.1. The van der Waals surface area contributed by atoms with Gasteiger partial charge in [-0.15, -0.1) is 0 Å². The van der Waals surface area contributed by atoms with Crippen molar-refractivity contribution in [3.8, 4) is 16.9 Å². The Morgan fingerprint density at radius 3 is 2.47 bits per heavy atom. The third kappa shape index (κ3) is 4.74. The van der Waals surface area contributed by atoms with Crippen molar-refractivity contribution in [3.63, 3.8) is 0 Å². The first kappa shape index (κ1) is 23.6. The number of hydrogen-bond donors (Lipinski definition) is 5. The summed E-state index contributed by atoms with van der Waals surface area (Å²) in [4.78, 5) is 24.4. The fraction of sp³-hybridized carbons (Fsp3) is 0.364. The molecule has 3 rings (SSSR count). The van der Waals surface area contributed by atoms with Crippen LogP contribution in [0.2, 0.25) is 0 Å². The summed E-state index contributed by atoms with van der Waals surface area (Å²) < 4.78 is 15.8. The Kier molecular flexibility index (Phi) is 7.44. The van der Waals surface area contributed by atoms with Gasteiger partial charge in [-0.3, -0.25) is 4.79 Å². The molecule has 1 aliphatic heterocycles. The number of ether oxygens (including phenoxy) is 3. The summed E-state index contributed by atoms with van der Waals surface area (Å²) in [5, 5.41) is 41.9. The predicted octanol–water partition coefficient (Wildman–Crippen LogP) is -0.322. The molecule has 5 N–H and O–H groups in total. The van der Waals surface area contributed by atoms with Gasteiger partial charge >= 0.3 is 5.97 Å². The molecule has 2 aromatic rings. The molecule has 1 heterocycles. The molecule has 32 heavy (non-hydrogen) atoms. The van der Waals surface area contributed by atoms with E-state index in [1.54, 1.807) is 30.3 Å². The van der Waals surface area contributed by atoms with Crippen LogP contribution in [0, 0.1) is 0 Å². The molecular formula is C22H25NO9. The van der Waals surface area contributed by atoms with Gasteiger partial charge in [0.05, 0.1) is 19.3 Å². The van der Waals surface area contributed by atoms with Crippen LogP contribution < -0.4 is 10.1 Å². The third-order valence-corrected chi connectivity index (χ3v) is 5.16. The highest BCUT2D eigenvalue weighted by Crippen LogP contribution is 2.31. The number of esters is 1. The number of carbonyl (C=O) groups excluding carboxylic acids is 2. The van der Waals surface area contributed by atoms with E-state index in [0.717, 1.165) is 0 Å². The molecule has 1 amide bonds. The van der Waals surface area contributed by atoms with E-state index >= 15 is 0 Å². The summed E-state index contributed by atoms with van der Waals surface area (Å²) >= 11 is 0. The number of aliphatic hydroxyl groups excluding tert-OH is 4. The molecular weight excluding hydrogens is 422 g/mol. The zero-order valence-electron chi connectivity index (χ0n) is 17.5. The lowest BCUT2D eigenvalue weighted by Gasteiger charge is -2.39. The standard InChI is InChI=1S/C22H25NO9/c1-23-20(28)12-5-3-4-11(8-12)14-7-6-13(9-15(14)21(29)30-2)31-22-19(27)18(26)17(25)16(10-24)32-22/h3-9,16-19,22,24-27H,10H2,1-2H3,(H,23,28). The summed E-state index contributed by atoms with van der Waals surface area (Å²) in [5.74, 6) is -0.834. The normalized spacial score (nSPS) is 25.1. The molecule has 1 fully saturated rings. The number of nitrogens with one attached hydrogen (secondary N) is 1. The van der Waals surface area contributed by atoms with Crippen molar-refractivity contribution in [2.75, 3.05) is 20.8 Å². The predicted molar refractivity (Wildman–Crippen MR) is 111 cm³/mol. The number of hydrogen-bond acceptors (Lipinski definition) is 9. The number of amides is 1. The van der Waals surface area contributed by atoms with Gasteiger partial charge in [-0.2, -0.15) is 0 Å². The minimum Gasteiger partial charge on any atom is -0.465 e. The van der Waals surface area contributed by atoms with E-state index in [0.29, 0.717) is 16.7 Å². The summed E-state index contributed by atoms with van der Waals surface area (Å²) in [7, 11) is 2.73. The van der Waals surface area contributed by atoms with Crippen LogP contribution in [0.25, 0.3) is 11.1 Å². The Hall–Kier alpha value is -3.02. The lowest BCUT2D eigenvalue weighted by atomic mass is 9.97. The largest absolute Gasteiger partial charge is 0.465 e. The number of benzene rings is 2. The molecule has 0 spiro atoms. The van der Waals surface area contributed by atoms with E-state index in [1.165, 1.54) is 26.3 Å². The van der Waals surface area contributed by atoms with Gasteiger partial charge in [-0.1, -0.05) is 12.1 Å². The molecule has 5 atom stereocenters. The van der Waals surface area contributed by atoms with E-state index in [-0.39, 0.29) is 17.2 Å². The number of carbonyl (C=O) groups is 2. The van der Waals surface area contributed by atoms with Crippen LogP contribution in [0.1, 0.15) is 20.7 Å². The Balaban J connectivity index is 1.94. The van der Waals surface area contributed by atoms with Gasteiger partial charge in [0.15, 0.2) is 0 Å². The van der Waals surface area contributed by atoms with E-state index in [4.69, 9.17) is 14.2 Å². The monoisotopic (exact) mass is 447 g/mol. The van der Waals surface area contributed by atoms with Crippen LogP contribution in [-0.4, -0.2) is 83.8 Å². The molecule has 10 heteroatoms. The van der Waals surface area contributed by atoms with Crippen LogP contribution in [0.15, 0.2) is 42.5 Å². The van der Waals surface area contributed by atoms with E-state index in [1.807, 2.05) is 0 Å². The van der Waals surface area contributed by atoms with Crippen LogP contribution in [0.5, 0.6) is 5.75 Å². The number of methoxy groups -OCH3 is 1. The molecule has 0 bridgehead atoms. The summed E-state index contributed by atoms with van der Waals surface area (Å²) in [6, 6.07) is 11.1. The number of aliphatic hydroxyl groups is 4. The first-order chi connectivity index (χ1) is 15.3. The van der Waals surface area contributed by atoms with Crippen molar-refractivity contribution in [1.29, 1.82) is 0 Å². The van der Waals surface area contributed by atoms with E-state index in [9.17, 15) is 30.0 Å². The van der Waals surface area contributed by atoms with Gasteiger partial charge in [0.2, 0.25) is 6.29 Å². The van der Waals surface area contributed by atoms with Gasteiger partial charge < -0.3 is 40.0 Å². The highest BCUT2D eigenvalue weighted by Gasteiger charge is 2.44. The molecule has 5 unspecified atom stereocenters. The minimum absolute atomic E-state index is 0.112. The van der Waals surface area contributed by atoms with Gasteiger partial charge in [0, 0.05) is 12.6 Å². The molecule has 1 saturated heterocycles. The average molecular weight is 447 g/mol. The third-order valence-electron chi connectivity index (χ3n) is 5.16. The Bertz CT molecular complexity index is 978. The minimum atomic E-state index is -1.60. The molecule has 1 aliphatic rings. The smallest absolute Gasteiger partial charge is 0.338 e. The topological polar surface area (TPSA) is 155 Å². The van der Waals surface area contributed by atoms with Gasteiger partial charge in [0.1, 0.15) is 30.2 Å². The fourth-order valence-electron chi connectivity index (χ4n) is 3.40. The maximum atomic E-state index is 12.4. The summed E-state index contributed by atoms with van der Waals surface area (Å²) in [5.41, 5.74) is 1.60. The van der Waals surface area contributed by atoms with Crippen LogP contribution in [0.4, 0.5) is 0 Å². The molecule has 0 saturated carbocycles. The quantitative estimate of drug-likeness (QED) is 0.375. The lowest BCUT2D eigenvalue weighted by Crippen LogP contribution is -2.60. The molecule has 10 nitrogen and oxygen atoms in total. The number of rotatable bonds is 6. The van der Waals surface area contributed by atoms with Crippen molar-refractivity contribution in [1.82, 2.24) is 5.32 Å². The van der Waals surface area contributed by atoms with E-state index < -0.39 is 43.3 Å². The second-order valence-electron chi connectivity index (χ2n) is 7.17. The van der Waals surface area contributed by atoms with Gasteiger partial charge in [-0.25, -0.2) is 4.79 Å². The first-order valence-electron chi connectivity index (χ1n) is 9.82. The first-order valence-corrected chi connectivity index (χ1v) is 9.82. The van der Waals surface area contributed by atoms with Crippen LogP contribution in [0.3, 0.4) is 0 Å². The summed E-state index contributed by atoms with van der Waals surface area (Å²) in [6.45, 7) is -0.598. The van der Waals surface area contributed by atoms with Crippen molar-refractivity contribution in [2.45, 2.75) is 30.7 Å². The van der Waals surface area contributed by atoms with Crippen LogP contribution in [-0.2, 0) is 9.47 Å². The SMILES string of the molecule is CNC(=O)c1cccc(-c2ccc(OC3OC(CO)C(O)C(O)C3O)cc2C(=O)OC)c1. The maximum Gasteiger partial charge on any atom is 0.338 e. The Labute approximate surface area is 184 Å². The van der Waals surface area contributed by atoms with Gasteiger partial charge in [-0.05, 0) is 41.5 Å². The maximum absolute atomic E-state index is 12.4. The molecule has 172 valence electrons. The van der Waals surface area contributed by atoms with Crippen molar-refractivity contribution in [3.05, 3.63) is 53.6 Å². The average Bonchev–Trinajstić information content (AvgIpc) is 2.83. The Morgan fingerprint density at radius 1 is 1.06 bits per heavy atom. The zero-order chi connectivity index (χ0) is 23.4. The molecule has 0 radical (unpaired) electrons. The van der Waals surface area contributed by atoms with Crippen molar-refractivity contribution < 1.29 is 44.2 Å². The summed E-state index contributed by atoms with van der Waals surface area (Å²) in [6.07, 6.45) is -7.25. The second-order valence-corrected chi connectivity index (χ2v) is 7.17. The highest BCUT2D eigenvalue weighted by molar-refractivity contribution is 5.99. The van der Waals surface area contributed by atoms with Crippen LogP contribution >= 0.6 is 0 Å². The van der Waals surface area contributed by atoms with Crippen molar-refractivity contribution >= 4 is 11.9 Å². The lowest BCUT2D eigenvalue weighted by molar-refractivity contribution is -0.277. The molecule has 0 aliphatic carbocycles. The van der Waals surface area contributed by atoms with E-state index in [2.05, 4.69) is 5.32 Å². The van der Waals surface area contributed by atoms with Gasteiger partial charge in [0.25, 0.3) is 5.91 Å². The molecule has 2 aromatic carbocycles. The Morgan fingerprint density at radius 2 is 1.81 bits per heavy atom. The van der Waals surface area contributed by atoms with Crippen molar-refractivity contribution in [2.24, 2.45) is 0 Å². The zero-order valence-corrected chi connectivity index (χ0v) is 17.5. The fourth-order valence-corrected chi connectivity index (χ4v) is 3.40. The highest BCUT2D eigenvalue weighted by atomic mass is 16.7. The molecule has 0 aromatic heterocycles.